The number of non-ortho nitro benzene ring substituents is 1. The number of hydrogen-bond donors (Lipinski definition) is 1. The third kappa shape index (κ3) is 2.49. The molecule has 0 aliphatic rings. The van der Waals surface area contributed by atoms with E-state index >= 15 is 0 Å². The summed E-state index contributed by atoms with van der Waals surface area (Å²) >= 11 is 0. The van der Waals surface area contributed by atoms with Gasteiger partial charge in [0, 0.05) is 12.3 Å². The number of hydrogen-bond acceptors (Lipinski definition) is 4. The maximum absolute atomic E-state index is 12.5. The fraction of sp³-hybridized carbons (Fsp3) is 0.286. The van der Waals surface area contributed by atoms with Crippen LogP contribution >= 0.6 is 0 Å². The summed E-state index contributed by atoms with van der Waals surface area (Å²) < 4.78 is 1.24. The molecule has 1 amide bonds. The first-order chi connectivity index (χ1) is 9.84. The minimum absolute atomic E-state index is 0.142. The van der Waals surface area contributed by atoms with Crippen LogP contribution in [-0.2, 0) is 4.79 Å². The summed E-state index contributed by atoms with van der Waals surface area (Å²) in [7, 11) is 0. The molecule has 2 aromatic rings. The average molecular weight is 289 g/mol. The molecule has 0 spiro atoms. The first-order valence-corrected chi connectivity index (χ1v) is 6.42. The maximum atomic E-state index is 12.5. The topological polar surface area (TPSA) is 108 Å². The van der Waals surface area contributed by atoms with Crippen molar-refractivity contribution in [3.05, 3.63) is 50.9 Å². The van der Waals surface area contributed by atoms with E-state index in [-0.39, 0.29) is 22.4 Å². The van der Waals surface area contributed by atoms with Gasteiger partial charge in [-0.1, -0.05) is 19.9 Å². The Morgan fingerprint density at radius 3 is 2.48 bits per heavy atom. The Balaban J connectivity index is 2.76. The van der Waals surface area contributed by atoms with Gasteiger partial charge in [-0.2, -0.15) is 0 Å². The second-order valence-corrected chi connectivity index (χ2v) is 5.11. The Morgan fingerprint density at radius 1 is 1.29 bits per heavy atom. The number of nitro benzene ring substituents is 1. The monoisotopic (exact) mass is 289 g/mol. The highest BCUT2D eigenvalue weighted by Crippen LogP contribution is 2.24. The molecule has 2 rings (SSSR count). The van der Waals surface area contributed by atoms with Gasteiger partial charge in [-0.05, 0) is 18.1 Å². The number of primary amides is 1. The molecular weight excluding hydrogens is 274 g/mol. The van der Waals surface area contributed by atoms with Crippen molar-refractivity contribution in [2.45, 2.75) is 19.9 Å². The Bertz CT molecular complexity index is 779. The molecule has 0 bridgehead atoms. The number of nitro groups is 1. The predicted octanol–water partition coefficient (Wildman–Crippen LogP) is 1.59. The van der Waals surface area contributed by atoms with Gasteiger partial charge in [0.25, 0.3) is 11.2 Å². The number of nitrogens with two attached hydrogens (primary N) is 1. The zero-order valence-electron chi connectivity index (χ0n) is 11.6. The van der Waals surface area contributed by atoms with Crippen LogP contribution in [0.5, 0.6) is 0 Å². The van der Waals surface area contributed by atoms with Crippen molar-refractivity contribution in [1.29, 1.82) is 0 Å². The van der Waals surface area contributed by atoms with Crippen molar-refractivity contribution in [3.8, 4) is 0 Å². The van der Waals surface area contributed by atoms with Crippen molar-refractivity contribution >= 4 is 22.4 Å². The lowest BCUT2D eigenvalue weighted by Crippen LogP contribution is -2.36. The molecule has 0 fully saturated rings. The van der Waals surface area contributed by atoms with Crippen molar-refractivity contribution in [2.24, 2.45) is 11.7 Å². The summed E-state index contributed by atoms with van der Waals surface area (Å²) in [6.07, 6.45) is 1.38. The van der Waals surface area contributed by atoms with Crippen LogP contribution in [0.15, 0.2) is 35.3 Å². The molecule has 1 aromatic heterocycles. The van der Waals surface area contributed by atoms with Gasteiger partial charge in [0.1, 0.15) is 6.04 Å². The van der Waals surface area contributed by atoms with Gasteiger partial charge in [0.15, 0.2) is 0 Å². The molecule has 21 heavy (non-hydrogen) atoms. The molecule has 0 unspecified atom stereocenters. The van der Waals surface area contributed by atoms with Crippen LogP contribution < -0.4 is 11.3 Å². The molecule has 7 heteroatoms. The lowest BCUT2D eigenvalue weighted by molar-refractivity contribution is -0.383. The summed E-state index contributed by atoms with van der Waals surface area (Å²) in [6.45, 7) is 3.55. The molecule has 0 saturated heterocycles. The number of carbonyl (C=O) groups excluding carboxylic acids is 1. The zero-order valence-corrected chi connectivity index (χ0v) is 11.6. The van der Waals surface area contributed by atoms with Crippen LogP contribution in [0, 0.1) is 16.0 Å². The van der Waals surface area contributed by atoms with Gasteiger partial charge in [0.05, 0.1) is 15.7 Å². The molecular formula is C14H15N3O4. The van der Waals surface area contributed by atoms with E-state index in [1.165, 1.54) is 35.0 Å². The molecule has 2 N–H and O–H groups in total. The van der Waals surface area contributed by atoms with E-state index in [2.05, 4.69) is 0 Å². The fourth-order valence-corrected chi connectivity index (χ4v) is 2.44. The molecule has 110 valence electrons. The highest BCUT2D eigenvalue weighted by atomic mass is 16.6. The normalized spacial score (nSPS) is 12.5. The number of benzene rings is 1. The van der Waals surface area contributed by atoms with Crippen LogP contribution in [-0.4, -0.2) is 15.4 Å². The number of fused-ring (bicyclic) bond motifs is 1. The standard InChI is InChI=1S/C14H15N3O4/c1-8(2)12(13(15)18)16-7-6-9-10(14(16)19)4-3-5-11(9)17(20)21/h3-8,12H,1-2H3,(H2,15,18)/t12-/m1/s1. The Hall–Kier alpha value is -2.70. The van der Waals surface area contributed by atoms with E-state index in [4.69, 9.17) is 5.73 Å². The summed E-state index contributed by atoms with van der Waals surface area (Å²) in [4.78, 5) is 34.5. The number of pyridine rings is 1. The van der Waals surface area contributed by atoms with Crippen LogP contribution in [0.4, 0.5) is 5.69 Å². The Morgan fingerprint density at radius 2 is 1.95 bits per heavy atom. The third-order valence-corrected chi connectivity index (χ3v) is 3.37. The maximum Gasteiger partial charge on any atom is 0.277 e. The average Bonchev–Trinajstić information content (AvgIpc) is 2.40. The van der Waals surface area contributed by atoms with Crippen LogP contribution in [0.3, 0.4) is 0 Å². The van der Waals surface area contributed by atoms with E-state index in [9.17, 15) is 19.7 Å². The Kier molecular flexibility index (Phi) is 3.75. The van der Waals surface area contributed by atoms with E-state index < -0.39 is 22.4 Å². The second-order valence-electron chi connectivity index (χ2n) is 5.11. The quantitative estimate of drug-likeness (QED) is 0.681. The lowest BCUT2D eigenvalue weighted by Gasteiger charge is -2.20. The molecule has 1 aromatic carbocycles. The number of rotatable bonds is 4. The van der Waals surface area contributed by atoms with Crippen molar-refractivity contribution < 1.29 is 9.72 Å². The molecule has 7 nitrogen and oxygen atoms in total. The molecule has 1 atom stereocenters. The van der Waals surface area contributed by atoms with E-state index in [1.807, 2.05) is 0 Å². The minimum atomic E-state index is -0.791. The minimum Gasteiger partial charge on any atom is -0.368 e. The summed E-state index contributed by atoms with van der Waals surface area (Å²) in [5.74, 6) is -0.784. The van der Waals surface area contributed by atoms with E-state index in [1.54, 1.807) is 13.8 Å². The number of amides is 1. The van der Waals surface area contributed by atoms with Gasteiger partial charge in [-0.15, -0.1) is 0 Å². The first-order valence-electron chi connectivity index (χ1n) is 6.42. The molecule has 0 aliphatic heterocycles. The van der Waals surface area contributed by atoms with Crippen molar-refractivity contribution in [3.63, 3.8) is 0 Å². The number of carbonyl (C=O) groups is 1. The molecule has 0 saturated carbocycles. The SMILES string of the molecule is CC(C)[C@H](C(N)=O)n1ccc2c([N+](=O)[O-])cccc2c1=O. The van der Waals surface area contributed by atoms with Crippen molar-refractivity contribution in [2.75, 3.05) is 0 Å². The highest BCUT2D eigenvalue weighted by molar-refractivity contribution is 5.90. The van der Waals surface area contributed by atoms with E-state index in [0.717, 1.165) is 0 Å². The van der Waals surface area contributed by atoms with E-state index in [0.29, 0.717) is 0 Å². The second kappa shape index (κ2) is 5.35. The van der Waals surface area contributed by atoms with Gasteiger partial charge in [-0.3, -0.25) is 19.7 Å². The first kappa shape index (κ1) is 14.7. The summed E-state index contributed by atoms with van der Waals surface area (Å²) in [5, 5.41) is 11.4. The fourth-order valence-electron chi connectivity index (χ4n) is 2.44. The van der Waals surface area contributed by atoms with Gasteiger partial charge in [-0.25, -0.2) is 0 Å². The number of aromatic nitrogens is 1. The van der Waals surface area contributed by atoms with Crippen LogP contribution in [0.1, 0.15) is 19.9 Å². The third-order valence-electron chi connectivity index (χ3n) is 3.37. The largest absolute Gasteiger partial charge is 0.368 e. The predicted molar refractivity (Wildman–Crippen MR) is 77.9 cm³/mol. The summed E-state index contributed by atoms with van der Waals surface area (Å²) in [6, 6.07) is 4.95. The van der Waals surface area contributed by atoms with Crippen LogP contribution in [0.25, 0.3) is 10.8 Å². The molecule has 0 radical (unpaired) electrons. The lowest BCUT2D eigenvalue weighted by atomic mass is 10.0. The molecule has 0 aliphatic carbocycles. The van der Waals surface area contributed by atoms with Gasteiger partial charge < -0.3 is 10.3 Å². The zero-order chi connectivity index (χ0) is 15.7. The van der Waals surface area contributed by atoms with Gasteiger partial charge in [0.2, 0.25) is 5.91 Å². The number of nitrogens with zero attached hydrogens (tertiary/aromatic N) is 2. The van der Waals surface area contributed by atoms with Crippen molar-refractivity contribution in [1.82, 2.24) is 4.57 Å². The summed E-state index contributed by atoms with van der Waals surface area (Å²) in [5.41, 5.74) is 4.75. The highest BCUT2D eigenvalue weighted by Gasteiger charge is 2.24. The van der Waals surface area contributed by atoms with Gasteiger partial charge >= 0.3 is 0 Å². The smallest absolute Gasteiger partial charge is 0.277 e. The molecule has 1 heterocycles. The van der Waals surface area contributed by atoms with Crippen LogP contribution in [0.2, 0.25) is 0 Å². The Labute approximate surface area is 120 Å².